The van der Waals surface area contributed by atoms with Crippen LogP contribution in [0, 0.1) is 0 Å². The van der Waals surface area contributed by atoms with Crippen molar-refractivity contribution in [1.82, 2.24) is 20.2 Å². The van der Waals surface area contributed by atoms with Crippen LogP contribution in [0.1, 0.15) is 16.7 Å². The molecule has 0 radical (unpaired) electrons. The first-order valence-electron chi connectivity index (χ1n) is 10.8. The Bertz CT molecular complexity index is 1230. The van der Waals surface area contributed by atoms with Crippen molar-refractivity contribution in [2.75, 3.05) is 21.3 Å². The van der Waals surface area contributed by atoms with E-state index < -0.39 is 0 Å². The predicted octanol–water partition coefficient (Wildman–Crippen LogP) is 3.97. The topological polar surface area (TPSA) is 72.7 Å². The summed E-state index contributed by atoms with van der Waals surface area (Å²) >= 11 is 0. The molecule has 0 saturated heterocycles. The number of nitrogens with one attached hydrogen (secondary N) is 2. The molecule has 33 heavy (non-hydrogen) atoms. The molecule has 170 valence electrons. The molecule has 1 aromatic heterocycles. The van der Waals surface area contributed by atoms with Crippen LogP contribution in [0.25, 0.3) is 11.0 Å². The summed E-state index contributed by atoms with van der Waals surface area (Å²) in [6.07, 6.45) is 1.90. The molecule has 7 heteroatoms. The molecule has 0 aliphatic carbocycles. The van der Waals surface area contributed by atoms with Crippen LogP contribution in [0.4, 0.5) is 0 Å². The van der Waals surface area contributed by atoms with Crippen LogP contribution in [0.3, 0.4) is 0 Å². The van der Waals surface area contributed by atoms with Gasteiger partial charge in [0.2, 0.25) is 0 Å². The van der Waals surface area contributed by atoms with E-state index in [9.17, 15) is 0 Å². The fourth-order valence-electron chi connectivity index (χ4n) is 3.68. The molecular weight excluding hydrogens is 414 g/mol. The van der Waals surface area contributed by atoms with Crippen molar-refractivity contribution >= 4 is 17.0 Å². The molecule has 0 saturated carbocycles. The SMILES string of the molecule is CN=C(NCc1ccc(Cn2cnc3ccccc32)cc1)NCc1ccc(OC)c(OC)c1. The first-order chi connectivity index (χ1) is 16.2. The van der Waals surface area contributed by atoms with Gasteiger partial charge in [-0.15, -0.1) is 0 Å². The predicted molar refractivity (Wildman–Crippen MR) is 132 cm³/mol. The minimum atomic E-state index is 0.623. The highest BCUT2D eigenvalue weighted by Crippen LogP contribution is 2.27. The molecule has 0 amide bonds. The molecule has 0 aliphatic heterocycles. The molecule has 0 bridgehead atoms. The van der Waals surface area contributed by atoms with Crippen molar-refractivity contribution < 1.29 is 9.47 Å². The molecule has 2 N–H and O–H groups in total. The molecule has 4 aromatic rings. The van der Waals surface area contributed by atoms with Crippen molar-refractivity contribution in [1.29, 1.82) is 0 Å². The van der Waals surface area contributed by atoms with Crippen molar-refractivity contribution in [2.45, 2.75) is 19.6 Å². The minimum Gasteiger partial charge on any atom is -0.493 e. The minimum absolute atomic E-state index is 0.623. The number of fused-ring (bicyclic) bond motifs is 1. The first-order valence-corrected chi connectivity index (χ1v) is 10.8. The number of guanidine groups is 1. The van der Waals surface area contributed by atoms with Gasteiger partial charge in [0.05, 0.1) is 31.6 Å². The third kappa shape index (κ3) is 5.44. The molecule has 0 unspecified atom stereocenters. The van der Waals surface area contributed by atoms with Crippen LogP contribution in [0.15, 0.2) is 78.0 Å². The summed E-state index contributed by atoms with van der Waals surface area (Å²) in [7, 11) is 5.04. The van der Waals surface area contributed by atoms with Crippen molar-refractivity contribution in [2.24, 2.45) is 4.99 Å². The number of hydrogen-bond acceptors (Lipinski definition) is 4. The number of aromatic nitrogens is 2. The highest BCUT2D eigenvalue weighted by atomic mass is 16.5. The second kappa shape index (κ2) is 10.5. The van der Waals surface area contributed by atoms with Crippen LogP contribution in [-0.2, 0) is 19.6 Å². The smallest absolute Gasteiger partial charge is 0.191 e. The number of para-hydroxylation sites is 2. The maximum absolute atomic E-state index is 5.38. The largest absolute Gasteiger partial charge is 0.493 e. The number of imidazole rings is 1. The average Bonchev–Trinajstić information content (AvgIpc) is 3.27. The Hall–Kier alpha value is -4.00. The molecule has 4 rings (SSSR count). The summed E-state index contributed by atoms with van der Waals surface area (Å²) in [5, 5.41) is 6.70. The lowest BCUT2D eigenvalue weighted by atomic mass is 10.1. The summed E-state index contributed by atoms with van der Waals surface area (Å²) in [5.74, 6) is 2.16. The lowest BCUT2D eigenvalue weighted by Crippen LogP contribution is -2.36. The van der Waals surface area contributed by atoms with E-state index in [1.165, 1.54) is 11.1 Å². The Labute approximate surface area is 194 Å². The molecule has 1 heterocycles. The highest BCUT2D eigenvalue weighted by molar-refractivity contribution is 5.79. The standard InChI is InChI=1S/C26H29N5O2/c1-27-26(29-16-21-12-13-24(32-2)25(14-21)33-3)28-15-19-8-10-20(11-9-19)17-31-18-30-22-6-4-5-7-23(22)31/h4-14,18H,15-17H2,1-3H3,(H2,27,28,29). The van der Waals surface area contributed by atoms with Gasteiger partial charge in [-0.05, 0) is 41.0 Å². The molecule has 0 spiro atoms. The van der Waals surface area contributed by atoms with Gasteiger partial charge in [0, 0.05) is 26.7 Å². The van der Waals surface area contributed by atoms with Crippen molar-refractivity contribution in [3.8, 4) is 11.5 Å². The Morgan fingerprint density at radius 1 is 0.848 bits per heavy atom. The number of hydrogen-bond donors (Lipinski definition) is 2. The summed E-state index contributed by atoms with van der Waals surface area (Å²) in [6.45, 7) is 2.10. The zero-order chi connectivity index (χ0) is 23.0. The van der Waals surface area contributed by atoms with Crippen molar-refractivity contribution in [3.63, 3.8) is 0 Å². The van der Waals surface area contributed by atoms with Gasteiger partial charge in [-0.1, -0.05) is 42.5 Å². The molecule has 0 fully saturated rings. The van der Waals surface area contributed by atoms with Gasteiger partial charge in [0.15, 0.2) is 17.5 Å². The summed E-state index contributed by atoms with van der Waals surface area (Å²) in [5.41, 5.74) is 5.66. The lowest BCUT2D eigenvalue weighted by Gasteiger charge is -2.14. The van der Waals surface area contributed by atoms with E-state index in [0.717, 1.165) is 29.1 Å². The van der Waals surface area contributed by atoms with Gasteiger partial charge in [0.25, 0.3) is 0 Å². The van der Waals surface area contributed by atoms with Gasteiger partial charge in [-0.2, -0.15) is 0 Å². The number of ether oxygens (including phenoxy) is 2. The monoisotopic (exact) mass is 443 g/mol. The van der Waals surface area contributed by atoms with E-state index in [0.29, 0.717) is 24.6 Å². The number of nitrogens with zero attached hydrogens (tertiary/aromatic N) is 3. The number of aliphatic imine (C=N–C) groups is 1. The van der Waals surface area contributed by atoms with Gasteiger partial charge < -0.3 is 24.7 Å². The van der Waals surface area contributed by atoms with Crippen LogP contribution < -0.4 is 20.1 Å². The fraction of sp³-hybridized carbons (Fsp3) is 0.231. The van der Waals surface area contributed by atoms with E-state index in [1.807, 2.05) is 42.7 Å². The van der Waals surface area contributed by atoms with E-state index in [-0.39, 0.29) is 0 Å². The number of methoxy groups -OCH3 is 2. The molecule has 0 aliphatic rings. The fourth-order valence-corrected chi connectivity index (χ4v) is 3.68. The summed E-state index contributed by atoms with van der Waals surface area (Å²) < 4.78 is 12.8. The number of rotatable bonds is 8. The quantitative estimate of drug-likeness (QED) is 0.319. The zero-order valence-electron chi connectivity index (χ0n) is 19.2. The summed E-state index contributed by atoms with van der Waals surface area (Å²) in [4.78, 5) is 8.79. The third-order valence-corrected chi connectivity index (χ3v) is 5.49. The Morgan fingerprint density at radius 2 is 1.52 bits per heavy atom. The lowest BCUT2D eigenvalue weighted by molar-refractivity contribution is 0.354. The molecular formula is C26H29N5O2. The van der Waals surface area contributed by atoms with Crippen LogP contribution in [0.2, 0.25) is 0 Å². The Morgan fingerprint density at radius 3 is 2.24 bits per heavy atom. The Balaban J connectivity index is 1.30. The summed E-state index contributed by atoms with van der Waals surface area (Å²) in [6, 6.07) is 22.7. The van der Waals surface area contributed by atoms with E-state index in [1.54, 1.807) is 21.3 Å². The van der Waals surface area contributed by atoms with Crippen LogP contribution in [0.5, 0.6) is 11.5 Å². The number of benzene rings is 3. The molecule has 0 atom stereocenters. The van der Waals surface area contributed by atoms with E-state index >= 15 is 0 Å². The van der Waals surface area contributed by atoms with Gasteiger partial charge >= 0.3 is 0 Å². The van der Waals surface area contributed by atoms with Gasteiger partial charge in [0.1, 0.15) is 0 Å². The average molecular weight is 444 g/mol. The van der Waals surface area contributed by atoms with Crippen LogP contribution in [-0.4, -0.2) is 36.8 Å². The molecule has 3 aromatic carbocycles. The second-order valence-corrected chi connectivity index (χ2v) is 7.65. The van der Waals surface area contributed by atoms with Gasteiger partial charge in [-0.25, -0.2) is 4.98 Å². The maximum Gasteiger partial charge on any atom is 0.191 e. The molecule has 7 nitrogen and oxygen atoms in total. The first kappa shape index (κ1) is 22.2. The van der Waals surface area contributed by atoms with E-state index in [2.05, 4.69) is 55.5 Å². The van der Waals surface area contributed by atoms with Crippen molar-refractivity contribution in [3.05, 3.63) is 89.7 Å². The van der Waals surface area contributed by atoms with E-state index in [4.69, 9.17) is 9.47 Å². The maximum atomic E-state index is 5.38. The normalized spacial score (nSPS) is 11.4. The zero-order valence-corrected chi connectivity index (χ0v) is 19.2. The van der Waals surface area contributed by atoms with Crippen LogP contribution >= 0.6 is 0 Å². The highest BCUT2D eigenvalue weighted by Gasteiger charge is 2.06. The third-order valence-electron chi connectivity index (χ3n) is 5.49. The Kier molecular flexibility index (Phi) is 7.09. The second-order valence-electron chi connectivity index (χ2n) is 7.65. The van der Waals surface area contributed by atoms with Gasteiger partial charge in [-0.3, -0.25) is 4.99 Å².